The normalized spacial score (nSPS) is 11.9. The Morgan fingerprint density at radius 1 is 0.464 bits per heavy atom. The summed E-state index contributed by atoms with van der Waals surface area (Å²) in [6.07, 6.45) is 49.0. The zero-order chi connectivity index (χ0) is 40.8. The summed E-state index contributed by atoms with van der Waals surface area (Å²) in [5, 5.41) is 0. The molecule has 0 atom stereocenters. The van der Waals surface area contributed by atoms with Gasteiger partial charge in [0.05, 0.1) is 16.0 Å². The molecule has 0 heterocycles. The summed E-state index contributed by atoms with van der Waals surface area (Å²) in [6.45, 7) is 4.56. The first-order valence-electron chi connectivity index (χ1n) is 23.1. The number of hydrogen-bond acceptors (Lipinski definition) is 6. The van der Waals surface area contributed by atoms with E-state index in [1.165, 1.54) is 186 Å². The molecular formula is C48H82O7S. The summed E-state index contributed by atoms with van der Waals surface area (Å²) in [5.74, 6) is -1.62. The number of hydrogen-bond donors (Lipinski definition) is 1. The third kappa shape index (κ3) is 29.7. The van der Waals surface area contributed by atoms with E-state index in [1.54, 1.807) is 12.2 Å². The summed E-state index contributed by atoms with van der Waals surface area (Å²) >= 11 is 0. The van der Waals surface area contributed by atoms with Crippen molar-refractivity contribution in [1.29, 1.82) is 0 Å². The molecule has 0 aliphatic rings. The second kappa shape index (κ2) is 36.9. The highest BCUT2D eigenvalue weighted by atomic mass is 32.2. The summed E-state index contributed by atoms with van der Waals surface area (Å²) in [6, 6.07) is 3.21. The molecule has 1 rings (SSSR count). The molecule has 1 aromatic carbocycles. The lowest BCUT2D eigenvalue weighted by molar-refractivity contribution is 0.0502. The van der Waals surface area contributed by atoms with Crippen molar-refractivity contribution in [2.24, 2.45) is 0 Å². The lowest BCUT2D eigenvalue weighted by Gasteiger charge is -2.10. The molecule has 1 aromatic rings. The van der Waals surface area contributed by atoms with Crippen LogP contribution in [0.2, 0.25) is 0 Å². The van der Waals surface area contributed by atoms with Crippen LogP contribution in [-0.4, -0.2) is 38.1 Å². The Morgan fingerprint density at radius 2 is 0.768 bits per heavy atom. The second-order valence-electron chi connectivity index (χ2n) is 15.8. The molecule has 0 aromatic heterocycles. The van der Waals surface area contributed by atoms with Crippen molar-refractivity contribution >= 4 is 22.1 Å². The van der Waals surface area contributed by atoms with E-state index in [9.17, 15) is 22.6 Å². The summed E-state index contributed by atoms with van der Waals surface area (Å²) in [7, 11) is -4.59. The van der Waals surface area contributed by atoms with Gasteiger partial charge in [0, 0.05) is 0 Å². The monoisotopic (exact) mass is 803 g/mol. The average Bonchev–Trinajstić information content (AvgIpc) is 3.18. The van der Waals surface area contributed by atoms with E-state index in [1.807, 2.05) is 12.2 Å². The van der Waals surface area contributed by atoms with Crippen LogP contribution in [0.4, 0.5) is 0 Å². The maximum absolute atomic E-state index is 12.9. The van der Waals surface area contributed by atoms with Gasteiger partial charge in [-0.25, -0.2) is 9.59 Å². The van der Waals surface area contributed by atoms with Crippen LogP contribution in [0.5, 0.6) is 0 Å². The van der Waals surface area contributed by atoms with Crippen LogP contribution >= 0.6 is 0 Å². The zero-order valence-electron chi connectivity index (χ0n) is 35.9. The second-order valence-corrected chi connectivity index (χ2v) is 17.2. The molecule has 1 N–H and O–H groups in total. The van der Waals surface area contributed by atoms with Gasteiger partial charge in [0.1, 0.15) is 13.2 Å². The number of rotatable bonds is 39. The van der Waals surface area contributed by atoms with Gasteiger partial charge in [-0.15, -0.1) is 0 Å². The maximum atomic E-state index is 12.9. The van der Waals surface area contributed by atoms with E-state index in [0.717, 1.165) is 37.8 Å². The predicted octanol–water partition coefficient (Wildman–Crippen LogP) is 14.9. The smallest absolute Gasteiger partial charge is 0.339 e. The Bertz CT molecular complexity index is 1270. The molecule has 0 saturated carbocycles. The van der Waals surface area contributed by atoms with Crippen LogP contribution in [0, 0.1) is 0 Å². The topological polar surface area (TPSA) is 107 Å². The van der Waals surface area contributed by atoms with Crippen molar-refractivity contribution in [3.63, 3.8) is 0 Å². The zero-order valence-corrected chi connectivity index (χ0v) is 36.7. The number of allylic oxidation sites excluding steroid dienone is 2. The van der Waals surface area contributed by atoms with Crippen molar-refractivity contribution < 1.29 is 32.0 Å². The highest BCUT2D eigenvalue weighted by Crippen LogP contribution is 2.20. The van der Waals surface area contributed by atoms with Crippen LogP contribution in [0.1, 0.15) is 240 Å². The van der Waals surface area contributed by atoms with E-state index in [0.29, 0.717) is 0 Å². The van der Waals surface area contributed by atoms with E-state index in [-0.39, 0.29) is 24.3 Å². The largest absolute Gasteiger partial charge is 0.458 e. The fourth-order valence-electron chi connectivity index (χ4n) is 7.07. The minimum atomic E-state index is -4.59. The molecule has 0 spiro atoms. The molecule has 0 aliphatic carbocycles. The lowest BCUT2D eigenvalue weighted by Crippen LogP contribution is -2.15. The minimum absolute atomic E-state index is 0.00971. The first kappa shape index (κ1) is 51.6. The third-order valence-electron chi connectivity index (χ3n) is 10.6. The van der Waals surface area contributed by atoms with E-state index < -0.39 is 27.0 Å². The highest BCUT2D eigenvalue weighted by Gasteiger charge is 2.23. The van der Waals surface area contributed by atoms with Crippen molar-refractivity contribution in [3.05, 3.63) is 53.6 Å². The van der Waals surface area contributed by atoms with Gasteiger partial charge in [0.15, 0.2) is 0 Å². The quantitative estimate of drug-likeness (QED) is 0.0306. The first-order valence-corrected chi connectivity index (χ1v) is 24.5. The number of unbranched alkanes of at least 4 members (excludes halogenated alkanes) is 30. The maximum Gasteiger partial charge on any atom is 0.339 e. The minimum Gasteiger partial charge on any atom is -0.458 e. The van der Waals surface area contributed by atoms with E-state index in [4.69, 9.17) is 9.47 Å². The number of carbonyl (C=O) groups is 2. The van der Waals surface area contributed by atoms with E-state index >= 15 is 0 Å². The van der Waals surface area contributed by atoms with Gasteiger partial charge in [-0.2, -0.15) is 8.42 Å². The molecule has 0 amide bonds. The molecule has 0 fully saturated rings. The van der Waals surface area contributed by atoms with Crippen LogP contribution in [0.15, 0.2) is 47.4 Å². The van der Waals surface area contributed by atoms with E-state index in [2.05, 4.69) is 13.8 Å². The van der Waals surface area contributed by atoms with Gasteiger partial charge in [0.25, 0.3) is 10.1 Å². The SMILES string of the molecule is CCCCCCCCCCCCCCCCC/C=C/COC(=O)c1ccc(S(=O)(=O)O)cc1C(=O)OC/C=C/CCCCCCCCCCCCCCCCC. The van der Waals surface area contributed by atoms with Gasteiger partial charge in [-0.05, 0) is 43.9 Å². The number of esters is 2. The van der Waals surface area contributed by atoms with Gasteiger partial charge < -0.3 is 9.47 Å². The van der Waals surface area contributed by atoms with Gasteiger partial charge in [0.2, 0.25) is 0 Å². The Labute approximate surface area is 344 Å². The fraction of sp³-hybridized carbons (Fsp3) is 0.750. The molecule has 0 radical (unpaired) electrons. The van der Waals surface area contributed by atoms with Gasteiger partial charge in [-0.1, -0.05) is 218 Å². The molecule has 7 nitrogen and oxygen atoms in total. The van der Waals surface area contributed by atoms with Crippen LogP contribution in [-0.2, 0) is 19.6 Å². The Kier molecular flexibility index (Phi) is 33.9. The highest BCUT2D eigenvalue weighted by molar-refractivity contribution is 7.85. The molecule has 0 aliphatic heterocycles. The number of ether oxygens (including phenoxy) is 2. The molecular weight excluding hydrogens is 721 g/mol. The first-order chi connectivity index (χ1) is 27.3. The molecule has 0 unspecified atom stereocenters. The van der Waals surface area contributed by atoms with Gasteiger partial charge in [-0.3, -0.25) is 4.55 Å². The molecule has 0 bridgehead atoms. The summed E-state index contributed by atoms with van der Waals surface area (Å²) < 4.78 is 43.7. The number of carbonyl (C=O) groups excluding carboxylic acids is 2. The Hall–Kier alpha value is -2.45. The van der Waals surface area contributed by atoms with Crippen molar-refractivity contribution in [3.8, 4) is 0 Å². The lowest BCUT2D eigenvalue weighted by atomic mass is 10.0. The van der Waals surface area contributed by atoms with Crippen molar-refractivity contribution in [2.45, 2.75) is 224 Å². The molecule has 56 heavy (non-hydrogen) atoms. The standard InChI is InChI=1S/C48H82O7S/c1-3-5-7-9-11-13-15-17-19-21-23-25-27-29-31-33-35-37-41-54-47(49)45-40-39-44(56(51,52)53)43-46(45)48(50)55-42-38-36-34-32-30-28-26-24-22-20-18-16-14-12-10-8-6-4-2/h35-40,43H,3-34,41-42H2,1-2H3,(H,51,52,53)/b37-35+,38-36+. The number of benzene rings is 1. The molecule has 0 saturated heterocycles. The Balaban J connectivity index is 2.23. The third-order valence-corrected chi connectivity index (χ3v) is 11.5. The predicted molar refractivity (Wildman–Crippen MR) is 234 cm³/mol. The summed E-state index contributed by atoms with van der Waals surface area (Å²) in [5.41, 5.74) is -0.372. The van der Waals surface area contributed by atoms with Gasteiger partial charge >= 0.3 is 11.9 Å². The Morgan fingerprint density at radius 3 is 1.09 bits per heavy atom. The average molecular weight is 803 g/mol. The summed E-state index contributed by atoms with van der Waals surface area (Å²) in [4.78, 5) is 25.3. The fourth-order valence-corrected chi connectivity index (χ4v) is 7.58. The van der Waals surface area contributed by atoms with Crippen LogP contribution < -0.4 is 0 Å². The molecule has 322 valence electrons. The van der Waals surface area contributed by atoms with Crippen molar-refractivity contribution in [2.75, 3.05) is 13.2 Å². The van der Waals surface area contributed by atoms with Crippen molar-refractivity contribution in [1.82, 2.24) is 0 Å². The van der Waals surface area contributed by atoms with Crippen LogP contribution in [0.3, 0.4) is 0 Å². The van der Waals surface area contributed by atoms with Crippen LogP contribution in [0.25, 0.3) is 0 Å². The molecule has 8 heteroatoms.